The Labute approximate surface area is 138 Å². The lowest BCUT2D eigenvalue weighted by Gasteiger charge is -2.34. The summed E-state index contributed by atoms with van der Waals surface area (Å²) in [6.07, 6.45) is 1.09. The molecule has 1 aliphatic rings. The van der Waals surface area contributed by atoms with Gasteiger partial charge in [-0.25, -0.2) is 0 Å². The fourth-order valence-corrected chi connectivity index (χ4v) is 3.61. The maximum atomic E-state index is 3.52. The van der Waals surface area contributed by atoms with Crippen molar-refractivity contribution in [2.24, 2.45) is 0 Å². The van der Waals surface area contributed by atoms with Gasteiger partial charge in [0, 0.05) is 11.4 Å². The van der Waals surface area contributed by atoms with E-state index < -0.39 is 0 Å². The molecule has 3 aromatic rings. The molecule has 0 saturated heterocycles. The smallest absolute Gasteiger partial charge is 0.0387 e. The Kier molecular flexibility index (Phi) is 3.23. The minimum atomic E-state index is 0.151. The van der Waals surface area contributed by atoms with Crippen molar-refractivity contribution in [1.82, 2.24) is 0 Å². The number of fused-ring (bicyclic) bond motifs is 3. The van der Waals surface area contributed by atoms with E-state index in [-0.39, 0.29) is 5.41 Å². The molecule has 0 bridgehead atoms. The maximum absolute atomic E-state index is 3.52. The Balaban J connectivity index is 1.79. The summed E-state index contributed by atoms with van der Waals surface area (Å²) >= 11 is 0. The van der Waals surface area contributed by atoms with E-state index in [4.69, 9.17) is 0 Å². The number of hydrogen-bond acceptors (Lipinski definition) is 1. The van der Waals surface area contributed by atoms with Crippen molar-refractivity contribution in [3.63, 3.8) is 0 Å². The topological polar surface area (TPSA) is 12.0 Å². The second-order valence-electron chi connectivity index (χ2n) is 6.97. The molecule has 23 heavy (non-hydrogen) atoms. The fourth-order valence-electron chi connectivity index (χ4n) is 3.61. The molecule has 1 heteroatoms. The molecule has 4 rings (SSSR count). The van der Waals surface area contributed by atoms with Gasteiger partial charge >= 0.3 is 0 Å². The normalized spacial score (nSPS) is 14.7. The summed E-state index contributed by atoms with van der Waals surface area (Å²) in [5, 5.41) is 3.52. The van der Waals surface area contributed by atoms with Gasteiger partial charge in [-0.3, -0.25) is 0 Å². The largest absolute Gasteiger partial charge is 0.356 e. The fraction of sp³-hybridized carbons (Fsp3) is 0.182. The second kappa shape index (κ2) is 5.27. The molecular weight excluding hydrogens is 278 g/mol. The average Bonchev–Trinajstić information content (AvgIpc) is 2.56. The van der Waals surface area contributed by atoms with Gasteiger partial charge in [-0.1, -0.05) is 62.4 Å². The molecule has 0 radical (unpaired) electrons. The van der Waals surface area contributed by atoms with Gasteiger partial charge in [-0.2, -0.15) is 0 Å². The summed E-state index contributed by atoms with van der Waals surface area (Å²) in [4.78, 5) is 0. The Bertz CT molecular complexity index is 847. The number of nitrogens with one attached hydrogen (secondary N) is 1. The lowest BCUT2D eigenvalue weighted by Crippen LogP contribution is -2.25. The highest BCUT2D eigenvalue weighted by molar-refractivity contribution is 5.78. The maximum Gasteiger partial charge on any atom is 0.0387 e. The van der Waals surface area contributed by atoms with Crippen LogP contribution in [0.3, 0.4) is 0 Å². The van der Waals surface area contributed by atoms with Crippen LogP contribution in [0, 0.1) is 0 Å². The molecule has 0 atom stereocenters. The first-order valence-corrected chi connectivity index (χ1v) is 8.18. The highest BCUT2D eigenvalue weighted by atomic mass is 14.9. The highest BCUT2D eigenvalue weighted by Gasteiger charge is 2.30. The Morgan fingerprint density at radius 1 is 0.739 bits per heavy atom. The summed E-state index contributed by atoms with van der Waals surface area (Å²) in [5.74, 6) is 0. The van der Waals surface area contributed by atoms with Gasteiger partial charge in [0.2, 0.25) is 0 Å². The molecule has 3 aromatic carbocycles. The van der Waals surface area contributed by atoms with Crippen molar-refractivity contribution in [3.8, 4) is 11.1 Å². The van der Waals surface area contributed by atoms with Crippen LogP contribution < -0.4 is 5.32 Å². The van der Waals surface area contributed by atoms with Crippen LogP contribution in [-0.4, -0.2) is 0 Å². The summed E-state index contributed by atoms with van der Waals surface area (Å²) in [6.45, 7) is 4.68. The van der Waals surface area contributed by atoms with Gasteiger partial charge in [0.1, 0.15) is 0 Å². The molecule has 0 spiro atoms. The minimum Gasteiger partial charge on any atom is -0.356 e. The van der Waals surface area contributed by atoms with Crippen LogP contribution in [0.15, 0.2) is 72.8 Å². The molecule has 1 nitrogen and oxygen atoms in total. The molecule has 0 aromatic heterocycles. The van der Waals surface area contributed by atoms with E-state index in [9.17, 15) is 0 Å². The average molecular weight is 299 g/mol. The van der Waals surface area contributed by atoms with Crippen LogP contribution >= 0.6 is 0 Å². The van der Waals surface area contributed by atoms with Gasteiger partial charge in [0.15, 0.2) is 0 Å². The molecular formula is C22H21N. The summed E-state index contributed by atoms with van der Waals surface area (Å²) in [5.41, 5.74) is 8.07. The molecule has 0 fully saturated rings. The van der Waals surface area contributed by atoms with Crippen LogP contribution in [0.5, 0.6) is 0 Å². The molecule has 0 aliphatic heterocycles. The first-order chi connectivity index (χ1) is 11.1. The van der Waals surface area contributed by atoms with Gasteiger partial charge in [0.25, 0.3) is 0 Å². The third-order valence-corrected chi connectivity index (χ3v) is 4.75. The quantitative estimate of drug-likeness (QED) is 0.618. The molecule has 0 saturated carbocycles. The zero-order valence-electron chi connectivity index (χ0n) is 13.6. The minimum absolute atomic E-state index is 0.151. The predicted molar refractivity (Wildman–Crippen MR) is 98.3 cm³/mol. The first kappa shape index (κ1) is 14.1. The molecule has 1 N–H and O–H groups in total. The summed E-state index contributed by atoms with van der Waals surface area (Å²) in [7, 11) is 0. The zero-order valence-corrected chi connectivity index (χ0v) is 13.6. The van der Waals surface area contributed by atoms with Gasteiger partial charge in [0.05, 0.1) is 0 Å². The molecule has 1 aliphatic carbocycles. The van der Waals surface area contributed by atoms with Crippen LogP contribution in [0.1, 0.15) is 25.0 Å². The standard InChI is InChI=1S/C22H21N/c1-22(2)15-16-8-6-7-11-19(16)20-13-12-18(14-21(20)22)23-17-9-4-3-5-10-17/h3-14,23H,15H2,1-2H3. The van der Waals surface area contributed by atoms with Crippen molar-refractivity contribution in [2.45, 2.75) is 25.7 Å². The first-order valence-electron chi connectivity index (χ1n) is 8.18. The SMILES string of the molecule is CC1(C)Cc2ccccc2-c2ccc(Nc3ccccc3)cc21. The number of hydrogen-bond donors (Lipinski definition) is 1. The lowest BCUT2D eigenvalue weighted by molar-refractivity contribution is 0.517. The van der Waals surface area contributed by atoms with E-state index in [0.29, 0.717) is 0 Å². The number of benzene rings is 3. The predicted octanol–water partition coefficient (Wildman–Crippen LogP) is 5.93. The van der Waals surface area contributed by atoms with Crippen molar-refractivity contribution in [2.75, 3.05) is 5.32 Å². The Morgan fingerprint density at radius 3 is 2.30 bits per heavy atom. The Morgan fingerprint density at radius 2 is 1.48 bits per heavy atom. The van der Waals surface area contributed by atoms with E-state index in [2.05, 4.69) is 85.9 Å². The van der Waals surface area contributed by atoms with Crippen LogP contribution in [0.2, 0.25) is 0 Å². The molecule has 114 valence electrons. The monoisotopic (exact) mass is 299 g/mol. The molecule has 0 unspecified atom stereocenters. The summed E-state index contributed by atoms with van der Waals surface area (Å²) < 4.78 is 0. The van der Waals surface area contributed by atoms with Crippen molar-refractivity contribution in [3.05, 3.63) is 83.9 Å². The highest BCUT2D eigenvalue weighted by Crippen LogP contribution is 2.44. The van der Waals surface area contributed by atoms with Crippen molar-refractivity contribution in [1.29, 1.82) is 0 Å². The van der Waals surface area contributed by atoms with Crippen molar-refractivity contribution >= 4 is 11.4 Å². The summed E-state index contributed by atoms with van der Waals surface area (Å²) in [6, 6.07) is 25.9. The van der Waals surface area contributed by atoms with E-state index in [1.54, 1.807) is 0 Å². The van der Waals surface area contributed by atoms with Gasteiger partial charge in [-0.15, -0.1) is 0 Å². The third-order valence-electron chi connectivity index (χ3n) is 4.75. The van der Waals surface area contributed by atoms with E-state index in [1.165, 1.54) is 22.3 Å². The van der Waals surface area contributed by atoms with E-state index in [0.717, 1.165) is 17.8 Å². The van der Waals surface area contributed by atoms with Gasteiger partial charge in [-0.05, 0) is 58.4 Å². The van der Waals surface area contributed by atoms with Crippen LogP contribution in [0.25, 0.3) is 11.1 Å². The number of rotatable bonds is 2. The number of para-hydroxylation sites is 1. The van der Waals surface area contributed by atoms with E-state index >= 15 is 0 Å². The third kappa shape index (κ3) is 2.53. The number of anilines is 2. The van der Waals surface area contributed by atoms with Crippen molar-refractivity contribution < 1.29 is 0 Å². The van der Waals surface area contributed by atoms with E-state index in [1.807, 2.05) is 6.07 Å². The lowest BCUT2D eigenvalue weighted by atomic mass is 9.70. The molecule has 0 amide bonds. The zero-order chi connectivity index (χ0) is 15.9. The second-order valence-corrected chi connectivity index (χ2v) is 6.97. The van der Waals surface area contributed by atoms with Gasteiger partial charge < -0.3 is 5.32 Å². The van der Waals surface area contributed by atoms with Crippen LogP contribution in [-0.2, 0) is 11.8 Å². The van der Waals surface area contributed by atoms with Crippen LogP contribution in [0.4, 0.5) is 11.4 Å². The Hall–Kier alpha value is -2.54. The molecule has 0 heterocycles.